The molecule has 1 rings (SSSR count). The predicted octanol–water partition coefficient (Wildman–Crippen LogP) is 1.46. The van der Waals surface area contributed by atoms with E-state index >= 15 is 0 Å². The van der Waals surface area contributed by atoms with Crippen molar-refractivity contribution in [1.29, 1.82) is 0 Å². The van der Waals surface area contributed by atoms with Crippen molar-refractivity contribution in [2.75, 3.05) is 6.26 Å². The lowest BCUT2D eigenvalue weighted by Crippen LogP contribution is -2.41. The Morgan fingerprint density at radius 2 is 1.80 bits per heavy atom. The Hall–Kier alpha value is -2.02. The summed E-state index contributed by atoms with van der Waals surface area (Å²) in [4.78, 5) is 34.3. The first-order valence-corrected chi connectivity index (χ1v) is 7.06. The maximum atomic E-state index is 11.9. The summed E-state index contributed by atoms with van der Waals surface area (Å²) in [7, 11) is 0. The van der Waals surface area contributed by atoms with Gasteiger partial charge in [0.1, 0.15) is 6.04 Å². The highest BCUT2D eigenvalue weighted by Gasteiger charge is 2.21. The molecule has 0 spiro atoms. The smallest absolute Gasteiger partial charge is 0.326 e. The lowest BCUT2D eigenvalue weighted by molar-refractivity contribution is -0.140. The van der Waals surface area contributed by atoms with Crippen LogP contribution in [0, 0.1) is 0 Å². The number of thioether (sulfide) groups is 1. The van der Waals surface area contributed by atoms with Crippen LogP contribution in [0.4, 0.5) is 0 Å². The van der Waals surface area contributed by atoms with Crippen LogP contribution in [0.2, 0.25) is 0 Å². The second-order valence-corrected chi connectivity index (χ2v) is 4.90. The SMILES string of the molecule is CSc1ccc(C(=O)N[C@@H](CCC(=O)O)C(=O)O)cc1. The Morgan fingerprint density at radius 3 is 2.25 bits per heavy atom. The van der Waals surface area contributed by atoms with Crippen LogP contribution in [0.5, 0.6) is 0 Å². The maximum Gasteiger partial charge on any atom is 0.326 e. The molecule has 0 heterocycles. The van der Waals surface area contributed by atoms with Crippen LogP contribution in [0.1, 0.15) is 23.2 Å². The van der Waals surface area contributed by atoms with Crippen LogP contribution in [0.15, 0.2) is 29.2 Å². The monoisotopic (exact) mass is 297 g/mol. The van der Waals surface area contributed by atoms with Crippen LogP contribution in [0.3, 0.4) is 0 Å². The molecule has 7 heteroatoms. The standard InChI is InChI=1S/C13H15NO5S/c1-20-9-4-2-8(3-5-9)12(17)14-10(13(18)19)6-7-11(15)16/h2-5,10H,6-7H2,1H3,(H,14,17)(H,15,16)(H,18,19)/t10-/m0/s1. The largest absolute Gasteiger partial charge is 0.481 e. The minimum Gasteiger partial charge on any atom is -0.481 e. The number of aliphatic carboxylic acids is 2. The van der Waals surface area contributed by atoms with E-state index in [-0.39, 0.29) is 12.8 Å². The second-order valence-electron chi connectivity index (χ2n) is 4.03. The first kappa shape index (κ1) is 16.0. The van der Waals surface area contributed by atoms with Gasteiger partial charge in [0.05, 0.1) is 0 Å². The zero-order chi connectivity index (χ0) is 15.1. The third kappa shape index (κ3) is 4.93. The van der Waals surface area contributed by atoms with Crippen LogP contribution < -0.4 is 5.32 Å². The number of carboxylic acids is 2. The van der Waals surface area contributed by atoms with Gasteiger partial charge in [0, 0.05) is 16.9 Å². The molecule has 1 amide bonds. The summed E-state index contributed by atoms with van der Waals surface area (Å²) in [5, 5.41) is 19.8. The van der Waals surface area contributed by atoms with Crippen molar-refractivity contribution < 1.29 is 24.6 Å². The van der Waals surface area contributed by atoms with Crippen molar-refractivity contribution in [3.8, 4) is 0 Å². The van der Waals surface area contributed by atoms with Gasteiger partial charge in [-0.25, -0.2) is 4.79 Å². The fraction of sp³-hybridized carbons (Fsp3) is 0.308. The highest BCUT2D eigenvalue weighted by atomic mass is 32.2. The van der Waals surface area contributed by atoms with Crippen LogP contribution >= 0.6 is 11.8 Å². The molecule has 0 saturated heterocycles. The Bertz CT molecular complexity index is 500. The summed E-state index contributed by atoms with van der Waals surface area (Å²) in [5.74, 6) is -2.88. The molecule has 0 aliphatic heterocycles. The van der Waals surface area contributed by atoms with E-state index < -0.39 is 23.9 Å². The summed E-state index contributed by atoms with van der Waals surface area (Å²) in [6.45, 7) is 0. The van der Waals surface area contributed by atoms with E-state index in [0.29, 0.717) is 5.56 Å². The maximum absolute atomic E-state index is 11.9. The molecule has 0 aliphatic rings. The average Bonchev–Trinajstić information content (AvgIpc) is 2.42. The minimum atomic E-state index is -1.25. The summed E-state index contributed by atoms with van der Waals surface area (Å²) in [5.41, 5.74) is 0.337. The number of benzene rings is 1. The molecule has 0 bridgehead atoms. The molecule has 0 radical (unpaired) electrons. The molecule has 108 valence electrons. The molecule has 20 heavy (non-hydrogen) atoms. The van der Waals surface area contributed by atoms with Gasteiger partial charge < -0.3 is 15.5 Å². The van der Waals surface area contributed by atoms with Gasteiger partial charge in [0.2, 0.25) is 0 Å². The van der Waals surface area contributed by atoms with Crippen molar-refractivity contribution in [3.05, 3.63) is 29.8 Å². The van der Waals surface area contributed by atoms with Gasteiger partial charge in [-0.05, 0) is 36.9 Å². The van der Waals surface area contributed by atoms with Crippen molar-refractivity contribution in [2.24, 2.45) is 0 Å². The number of carbonyl (C=O) groups is 3. The molecular weight excluding hydrogens is 282 g/mol. The fourth-order valence-corrected chi connectivity index (χ4v) is 1.92. The first-order valence-electron chi connectivity index (χ1n) is 5.83. The van der Waals surface area contributed by atoms with Gasteiger partial charge in [-0.2, -0.15) is 0 Å². The normalized spacial score (nSPS) is 11.7. The van der Waals surface area contributed by atoms with E-state index in [0.717, 1.165) is 4.90 Å². The minimum absolute atomic E-state index is 0.153. The molecule has 0 saturated carbocycles. The highest BCUT2D eigenvalue weighted by molar-refractivity contribution is 7.98. The number of hydrogen-bond acceptors (Lipinski definition) is 4. The summed E-state index contributed by atoms with van der Waals surface area (Å²) >= 11 is 1.53. The predicted molar refractivity (Wildman–Crippen MR) is 74.0 cm³/mol. The topological polar surface area (TPSA) is 104 Å². The van der Waals surface area contributed by atoms with Gasteiger partial charge in [0.25, 0.3) is 5.91 Å². The molecule has 3 N–H and O–H groups in total. The van der Waals surface area contributed by atoms with Gasteiger partial charge in [-0.1, -0.05) is 0 Å². The average molecular weight is 297 g/mol. The lowest BCUT2D eigenvalue weighted by Gasteiger charge is -2.13. The molecule has 1 aromatic rings. The van der Waals surface area contributed by atoms with Crippen molar-refractivity contribution >= 4 is 29.6 Å². The van der Waals surface area contributed by atoms with Crippen LogP contribution in [-0.2, 0) is 9.59 Å². The summed E-state index contributed by atoms with van der Waals surface area (Å²) < 4.78 is 0. The molecular formula is C13H15NO5S. The van der Waals surface area contributed by atoms with Crippen molar-refractivity contribution in [1.82, 2.24) is 5.32 Å². The van der Waals surface area contributed by atoms with E-state index in [1.54, 1.807) is 24.3 Å². The Kier molecular flexibility index (Phi) is 6.05. The number of hydrogen-bond donors (Lipinski definition) is 3. The molecule has 1 atom stereocenters. The fourth-order valence-electron chi connectivity index (χ4n) is 1.51. The molecule has 0 fully saturated rings. The number of carboxylic acid groups (broad SMARTS) is 2. The van der Waals surface area contributed by atoms with Crippen molar-refractivity contribution in [3.63, 3.8) is 0 Å². The van der Waals surface area contributed by atoms with E-state index in [2.05, 4.69) is 5.32 Å². The zero-order valence-corrected chi connectivity index (χ0v) is 11.6. The first-order chi connectivity index (χ1) is 9.43. The lowest BCUT2D eigenvalue weighted by atomic mass is 10.1. The highest BCUT2D eigenvalue weighted by Crippen LogP contribution is 2.15. The van der Waals surface area contributed by atoms with Gasteiger partial charge in [-0.15, -0.1) is 11.8 Å². The van der Waals surface area contributed by atoms with E-state index in [9.17, 15) is 14.4 Å². The van der Waals surface area contributed by atoms with Crippen molar-refractivity contribution in [2.45, 2.75) is 23.8 Å². The Balaban J connectivity index is 2.69. The van der Waals surface area contributed by atoms with Gasteiger partial charge in [-0.3, -0.25) is 9.59 Å². The van der Waals surface area contributed by atoms with E-state index in [1.165, 1.54) is 11.8 Å². The number of nitrogens with one attached hydrogen (secondary N) is 1. The zero-order valence-electron chi connectivity index (χ0n) is 10.8. The summed E-state index contributed by atoms with van der Waals surface area (Å²) in [6.07, 6.45) is 1.43. The third-order valence-corrected chi connectivity index (χ3v) is 3.35. The van der Waals surface area contributed by atoms with E-state index in [1.807, 2.05) is 6.26 Å². The van der Waals surface area contributed by atoms with Crippen LogP contribution in [-0.4, -0.2) is 40.4 Å². The van der Waals surface area contributed by atoms with Crippen LogP contribution in [0.25, 0.3) is 0 Å². The second kappa shape index (κ2) is 7.54. The number of carbonyl (C=O) groups excluding carboxylic acids is 1. The number of amides is 1. The Labute approximate surface area is 120 Å². The molecule has 0 aromatic heterocycles. The molecule has 0 aliphatic carbocycles. The van der Waals surface area contributed by atoms with E-state index in [4.69, 9.17) is 10.2 Å². The quantitative estimate of drug-likeness (QED) is 0.658. The third-order valence-electron chi connectivity index (χ3n) is 2.60. The Morgan fingerprint density at radius 1 is 1.20 bits per heavy atom. The van der Waals surface area contributed by atoms with Gasteiger partial charge in [0.15, 0.2) is 0 Å². The molecule has 1 aromatic carbocycles. The molecule has 6 nitrogen and oxygen atoms in total. The molecule has 0 unspecified atom stereocenters. The summed E-state index contributed by atoms with van der Waals surface area (Å²) in [6, 6.07) is 5.49. The number of rotatable bonds is 7. The van der Waals surface area contributed by atoms with Gasteiger partial charge >= 0.3 is 11.9 Å².